The van der Waals surface area contributed by atoms with Crippen molar-refractivity contribution >= 4 is 22.9 Å². The van der Waals surface area contributed by atoms with E-state index < -0.39 is 0 Å². The fourth-order valence-electron chi connectivity index (χ4n) is 1.07. The molecule has 0 aliphatic carbocycles. The molecule has 0 fully saturated rings. The van der Waals surface area contributed by atoms with E-state index in [0.29, 0.717) is 5.92 Å². The third-order valence-electron chi connectivity index (χ3n) is 1.56. The van der Waals surface area contributed by atoms with Gasteiger partial charge in [0.2, 0.25) is 0 Å². The number of halogens is 1. The average Bonchev–Trinajstić information content (AvgIpc) is 1.88. The van der Waals surface area contributed by atoms with E-state index in [4.69, 9.17) is 0 Å². The predicted molar refractivity (Wildman–Crippen MR) is 50.5 cm³/mol. The summed E-state index contributed by atoms with van der Waals surface area (Å²) in [5.41, 5.74) is 0. The minimum Gasteiger partial charge on any atom is -0.335 e. The lowest BCUT2D eigenvalue weighted by Crippen LogP contribution is -2.29. The van der Waals surface area contributed by atoms with Gasteiger partial charge in [0, 0.05) is 61.4 Å². The summed E-state index contributed by atoms with van der Waals surface area (Å²) in [5, 5.41) is 0. The normalized spacial score (nSPS) is 23.8. The van der Waals surface area contributed by atoms with Crippen LogP contribution in [0.1, 0.15) is 6.42 Å². The molecule has 0 saturated heterocycles. The lowest BCUT2D eigenvalue weighted by Gasteiger charge is -2.21. The summed E-state index contributed by atoms with van der Waals surface area (Å²) in [5.74, 6) is 3.81. The Labute approximate surface area is 75.9 Å². The first-order chi connectivity index (χ1) is 4.83. The van der Waals surface area contributed by atoms with Gasteiger partial charge >= 0.3 is 0 Å². The lowest BCUT2D eigenvalue weighted by molar-refractivity contribution is 0.362. The Balaban J connectivity index is 2.33. The summed E-state index contributed by atoms with van der Waals surface area (Å²) in [6.45, 7) is 2.17. The van der Waals surface area contributed by atoms with E-state index in [1.807, 2.05) is 7.05 Å². The zero-order chi connectivity index (χ0) is 7.40. The molecule has 0 bridgehead atoms. The smallest absolute Gasteiger partial charge is 0.0307 e. The molecule has 1 heterocycles. The van der Waals surface area contributed by atoms with Crippen molar-refractivity contribution in [3.05, 3.63) is 0 Å². The molecule has 3 heteroatoms. The number of hydrogen-bond donors (Lipinski definition) is 1. The van der Waals surface area contributed by atoms with Crippen molar-refractivity contribution < 1.29 is 0 Å². The third kappa shape index (κ3) is 2.35. The van der Waals surface area contributed by atoms with Gasteiger partial charge in [0.1, 0.15) is 0 Å². The zero-order valence-corrected chi connectivity index (χ0v) is 8.18. The van der Waals surface area contributed by atoms with Crippen molar-refractivity contribution in [3.8, 4) is 12.0 Å². The molecule has 2 nitrogen and oxygen atoms in total. The SMILES string of the molecule is CN1C#CC[C@@H](CNI)C1. The largest absolute Gasteiger partial charge is 0.335 e. The molecule has 0 aromatic heterocycles. The minimum absolute atomic E-state index is 0.711. The van der Waals surface area contributed by atoms with Crippen LogP contribution in [0.2, 0.25) is 0 Å². The second-order valence-electron chi connectivity index (χ2n) is 2.58. The first-order valence-electron chi connectivity index (χ1n) is 3.36. The summed E-state index contributed by atoms with van der Waals surface area (Å²) in [7, 11) is 2.03. The molecule has 1 aliphatic heterocycles. The molecule has 0 aromatic carbocycles. The molecule has 0 saturated carbocycles. The quantitative estimate of drug-likeness (QED) is 0.444. The van der Waals surface area contributed by atoms with Crippen molar-refractivity contribution in [1.29, 1.82) is 0 Å². The van der Waals surface area contributed by atoms with Crippen molar-refractivity contribution in [1.82, 2.24) is 8.43 Å². The Hall–Kier alpha value is 0.0500. The van der Waals surface area contributed by atoms with Crippen molar-refractivity contribution in [2.24, 2.45) is 5.92 Å². The molecule has 10 heavy (non-hydrogen) atoms. The van der Waals surface area contributed by atoms with Crippen molar-refractivity contribution in [3.63, 3.8) is 0 Å². The Morgan fingerprint density at radius 2 is 2.60 bits per heavy atom. The summed E-state index contributed by atoms with van der Waals surface area (Å²) in [4.78, 5) is 2.06. The molecule has 1 N–H and O–H groups in total. The van der Waals surface area contributed by atoms with Gasteiger partial charge < -0.3 is 4.90 Å². The maximum Gasteiger partial charge on any atom is 0.0307 e. The third-order valence-corrected chi connectivity index (χ3v) is 2.00. The van der Waals surface area contributed by atoms with Gasteiger partial charge in [-0.25, -0.2) is 0 Å². The fraction of sp³-hybridized carbons (Fsp3) is 0.714. The molecule has 1 aliphatic rings. The van der Waals surface area contributed by atoms with E-state index in [1.54, 1.807) is 0 Å². The fourth-order valence-corrected chi connectivity index (χ4v) is 1.69. The molecule has 0 radical (unpaired) electrons. The van der Waals surface area contributed by atoms with Gasteiger partial charge in [-0.1, -0.05) is 5.92 Å². The molecule has 1 rings (SSSR count). The van der Waals surface area contributed by atoms with Crippen LogP contribution in [0.25, 0.3) is 0 Å². The van der Waals surface area contributed by atoms with Crippen LogP contribution in [0.3, 0.4) is 0 Å². The zero-order valence-electron chi connectivity index (χ0n) is 6.02. The van der Waals surface area contributed by atoms with Gasteiger partial charge in [-0.15, -0.1) is 0 Å². The van der Waals surface area contributed by atoms with Gasteiger partial charge in [0.15, 0.2) is 0 Å². The molecular formula is C7H11IN2. The van der Waals surface area contributed by atoms with E-state index in [2.05, 4.69) is 43.3 Å². The van der Waals surface area contributed by atoms with Gasteiger partial charge in [-0.2, -0.15) is 0 Å². The van der Waals surface area contributed by atoms with Crippen LogP contribution in [0.15, 0.2) is 0 Å². The average molecular weight is 250 g/mol. The Morgan fingerprint density at radius 3 is 3.20 bits per heavy atom. The lowest BCUT2D eigenvalue weighted by atomic mass is 10.0. The van der Waals surface area contributed by atoms with Crippen LogP contribution < -0.4 is 3.53 Å². The first kappa shape index (κ1) is 8.15. The van der Waals surface area contributed by atoms with Crippen LogP contribution >= 0.6 is 22.9 Å². The highest BCUT2D eigenvalue weighted by Gasteiger charge is 2.10. The topological polar surface area (TPSA) is 15.3 Å². The molecule has 1 atom stereocenters. The summed E-state index contributed by atoms with van der Waals surface area (Å²) < 4.78 is 3.13. The summed E-state index contributed by atoms with van der Waals surface area (Å²) >= 11 is 2.18. The summed E-state index contributed by atoms with van der Waals surface area (Å²) in [6.07, 6.45) is 1.04. The van der Waals surface area contributed by atoms with E-state index in [0.717, 1.165) is 19.5 Å². The van der Waals surface area contributed by atoms with E-state index in [9.17, 15) is 0 Å². The first-order valence-corrected chi connectivity index (χ1v) is 4.44. The minimum atomic E-state index is 0.711. The van der Waals surface area contributed by atoms with E-state index in [-0.39, 0.29) is 0 Å². The number of nitrogens with zero attached hydrogens (tertiary/aromatic N) is 1. The maximum atomic E-state index is 3.13. The van der Waals surface area contributed by atoms with E-state index >= 15 is 0 Å². The Bertz CT molecular complexity index is 159. The van der Waals surface area contributed by atoms with Crippen LogP contribution in [-0.4, -0.2) is 25.0 Å². The highest BCUT2D eigenvalue weighted by atomic mass is 127. The standard InChI is InChI=1S/C7H11IN2/c1-10-4-2-3-7(6-10)5-9-8/h7,9H,3,5-6H2,1H3/t7-/m0/s1. The van der Waals surface area contributed by atoms with Crippen molar-refractivity contribution in [2.45, 2.75) is 6.42 Å². The number of hydrogen-bond acceptors (Lipinski definition) is 2. The van der Waals surface area contributed by atoms with Crippen LogP contribution in [-0.2, 0) is 0 Å². The Morgan fingerprint density at radius 1 is 1.80 bits per heavy atom. The number of nitrogens with one attached hydrogen (secondary N) is 1. The van der Waals surface area contributed by atoms with Gasteiger partial charge in [-0.3, -0.25) is 3.53 Å². The molecule has 0 spiro atoms. The maximum absolute atomic E-state index is 3.13. The molecular weight excluding hydrogens is 239 g/mol. The van der Waals surface area contributed by atoms with Crippen LogP contribution in [0, 0.1) is 17.9 Å². The molecule has 56 valence electrons. The van der Waals surface area contributed by atoms with Crippen LogP contribution in [0.5, 0.6) is 0 Å². The van der Waals surface area contributed by atoms with Crippen LogP contribution in [0.4, 0.5) is 0 Å². The van der Waals surface area contributed by atoms with Gasteiger partial charge in [0.05, 0.1) is 0 Å². The van der Waals surface area contributed by atoms with E-state index in [1.165, 1.54) is 0 Å². The van der Waals surface area contributed by atoms with Gasteiger partial charge in [-0.05, 0) is 0 Å². The molecule has 0 unspecified atom stereocenters. The number of rotatable bonds is 2. The highest BCUT2D eigenvalue weighted by Crippen LogP contribution is 2.06. The second kappa shape index (κ2) is 4.04. The molecule has 0 aromatic rings. The van der Waals surface area contributed by atoms with Gasteiger partial charge in [0.25, 0.3) is 0 Å². The predicted octanol–water partition coefficient (Wildman–Crippen LogP) is 0.839. The summed E-state index contributed by atoms with van der Waals surface area (Å²) in [6, 6.07) is 3.02. The molecule has 0 amide bonds. The monoisotopic (exact) mass is 250 g/mol. The van der Waals surface area contributed by atoms with Crippen molar-refractivity contribution in [2.75, 3.05) is 20.1 Å². The Kier molecular flexibility index (Phi) is 3.29. The second-order valence-corrected chi connectivity index (χ2v) is 3.34. The highest BCUT2D eigenvalue weighted by molar-refractivity contribution is 14.1.